The second-order valence-electron chi connectivity index (χ2n) is 5.62. The second kappa shape index (κ2) is 6.44. The topological polar surface area (TPSA) is 32.3 Å². The first kappa shape index (κ1) is 14.4. The molecule has 1 aromatic rings. The van der Waals surface area contributed by atoms with Crippen LogP contribution in [0.15, 0.2) is 18.2 Å². The van der Waals surface area contributed by atoms with E-state index in [1.165, 1.54) is 19.3 Å². The Morgan fingerprint density at radius 3 is 2.84 bits per heavy atom. The van der Waals surface area contributed by atoms with Gasteiger partial charge < -0.3 is 10.4 Å². The minimum Gasteiger partial charge on any atom is -0.387 e. The molecule has 0 spiro atoms. The summed E-state index contributed by atoms with van der Waals surface area (Å²) in [5.74, 6) is 0.321. The van der Waals surface area contributed by atoms with E-state index in [9.17, 15) is 13.9 Å². The molecule has 3 atom stereocenters. The maximum atomic E-state index is 13.4. The van der Waals surface area contributed by atoms with Gasteiger partial charge in [-0.2, -0.15) is 0 Å². The van der Waals surface area contributed by atoms with Crippen molar-refractivity contribution in [2.24, 2.45) is 11.8 Å². The van der Waals surface area contributed by atoms with Crippen LogP contribution in [0.5, 0.6) is 0 Å². The summed E-state index contributed by atoms with van der Waals surface area (Å²) in [7, 11) is 0. The monoisotopic (exact) mass is 269 g/mol. The van der Waals surface area contributed by atoms with Crippen LogP contribution in [0.4, 0.5) is 8.78 Å². The Hall–Kier alpha value is -1.00. The average Bonchev–Trinajstić information content (AvgIpc) is 2.78. The van der Waals surface area contributed by atoms with Gasteiger partial charge in [-0.15, -0.1) is 0 Å². The Morgan fingerprint density at radius 1 is 1.37 bits per heavy atom. The molecule has 1 aliphatic rings. The summed E-state index contributed by atoms with van der Waals surface area (Å²) in [5.41, 5.74) is 0.0206. The molecule has 0 radical (unpaired) electrons. The molecule has 2 N–H and O–H groups in total. The largest absolute Gasteiger partial charge is 0.387 e. The normalized spacial score (nSPS) is 24.6. The first-order chi connectivity index (χ1) is 9.06. The third kappa shape index (κ3) is 3.98. The zero-order valence-electron chi connectivity index (χ0n) is 11.2. The maximum absolute atomic E-state index is 13.4. The molecule has 106 valence electrons. The van der Waals surface area contributed by atoms with Gasteiger partial charge in [0.15, 0.2) is 0 Å². The van der Waals surface area contributed by atoms with Crippen molar-refractivity contribution in [1.29, 1.82) is 0 Å². The van der Waals surface area contributed by atoms with Crippen LogP contribution in [-0.2, 0) is 0 Å². The predicted octanol–water partition coefficient (Wildman–Crippen LogP) is 3.02. The van der Waals surface area contributed by atoms with E-state index in [4.69, 9.17) is 0 Å². The molecular weight excluding hydrogens is 248 g/mol. The van der Waals surface area contributed by atoms with Crippen LogP contribution in [0.25, 0.3) is 0 Å². The van der Waals surface area contributed by atoms with Crippen molar-refractivity contribution in [1.82, 2.24) is 5.32 Å². The Bertz CT molecular complexity index is 425. The van der Waals surface area contributed by atoms with Crippen LogP contribution in [0.3, 0.4) is 0 Å². The molecule has 1 fully saturated rings. The van der Waals surface area contributed by atoms with Crippen molar-refractivity contribution in [2.45, 2.75) is 32.3 Å². The van der Waals surface area contributed by atoms with Gasteiger partial charge in [-0.3, -0.25) is 0 Å². The van der Waals surface area contributed by atoms with Crippen LogP contribution in [-0.4, -0.2) is 18.2 Å². The average molecular weight is 269 g/mol. The van der Waals surface area contributed by atoms with E-state index < -0.39 is 17.7 Å². The van der Waals surface area contributed by atoms with E-state index in [1.54, 1.807) is 0 Å². The zero-order valence-corrected chi connectivity index (χ0v) is 11.2. The molecule has 1 saturated carbocycles. The van der Waals surface area contributed by atoms with Crippen molar-refractivity contribution in [2.75, 3.05) is 13.1 Å². The number of nitrogens with one attached hydrogen (secondary N) is 1. The summed E-state index contributed by atoms with van der Waals surface area (Å²) in [6.45, 7) is 3.33. The molecule has 19 heavy (non-hydrogen) atoms. The molecular formula is C15H21F2NO. The van der Waals surface area contributed by atoms with Gasteiger partial charge in [0, 0.05) is 12.1 Å². The quantitative estimate of drug-likeness (QED) is 0.861. The van der Waals surface area contributed by atoms with E-state index in [0.29, 0.717) is 5.92 Å². The predicted molar refractivity (Wildman–Crippen MR) is 70.7 cm³/mol. The van der Waals surface area contributed by atoms with Gasteiger partial charge >= 0.3 is 0 Å². The number of hydrogen-bond acceptors (Lipinski definition) is 2. The molecule has 0 aliphatic heterocycles. The standard InChI is InChI=1S/C15H21F2NO/c1-10-2-3-11(6-10)8-18-9-15(19)13-7-12(16)4-5-14(13)17/h4-5,7,10-11,15,18-19H,2-3,6,8-9H2,1H3. The minimum absolute atomic E-state index is 0.0206. The summed E-state index contributed by atoms with van der Waals surface area (Å²) in [4.78, 5) is 0. The first-order valence-corrected chi connectivity index (χ1v) is 6.90. The fourth-order valence-electron chi connectivity index (χ4n) is 2.81. The van der Waals surface area contributed by atoms with Gasteiger partial charge in [-0.1, -0.05) is 13.3 Å². The lowest BCUT2D eigenvalue weighted by Crippen LogP contribution is -2.27. The molecule has 0 aromatic heterocycles. The van der Waals surface area contributed by atoms with Gasteiger partial charge in [0.2, 0.25) is 0 Å². The third-order valence-electron chi connectivity index (χ3n) is 3.89. The number of hydrogen-bond donors (Lipinski definition) is 2. The van der Waals surface area contributed by atoms with E-state index in [0.717, 1.165) is 30.7 Å². The summed E-state index contributed by atoms with van der Waals surface area (Å²) in [6, 6.07) is 3.16. The van der Waals surface area contributed by atoms with Crippen molar-refractivity contribution in [3.8, 4) is 0 Å². The molecule has 1 aliphatic carbocycles. The van der Waals surface area contributed by atoms with E-state index in [2.05, 4.69) is 12.2 Å². The molecule has 0 bridgehead atoms. The summed E-state index contributed by atoms with van der Waals surface area (Å²) >= 11 is 0. The van der Waals surface area contributed by atoms with Crippen LogP contribution >= 0.6 is 0 Å². The Labute approximate surface area is 112 Å². The smallest absolute Gasteiger partial charge is 0.129 e. The highest BCUT2D eigenvalue weighted by Gasteiger charge is 2.21. The fraction of sp³-hybridized carbons (Fsp3) is 0.600. The number of aliphatic hydroxyl groups excluding tert-OH is 1. The van der Waals surface area contributed by atoms with Crippen LogP contribution in [0.2, 0.25) is 0 Å². The molecule has 0 heterocycles. The molecule has 2 rings (SSSR count). The van der Waals surface area contributed by atoms with E-state index >= 15 is 0 Å². The fourth-order valence-corrected chi connectivity index (χ4v) is 2.81. The van der Waals surface area contributed by atoms with Crippen LogP contribution < -0.4 is 5.32 Å². The number of benzene rings is 1. The molecule has 1 aromatic carbocycles. The Morgan fingerprint density at radius 2 is 2.16 bits per heavy atom. The number of rotatable bonds is 5. The third-order valence-corrected chi connectivity index (χ3v) is 3.89. The highest BCUT2D eigenvalue weighted by molar-refractivity contribution is 5.21. The lowest BCUT2D eigenvalue weighted by atomic mass is 10.1. The van der Waals surface area contributed by atoms with E-state index in [-0.39, 0.29) is 12.1 Å². The van der Waals surface area contributed by atoms with Crippen molar-refractivity contribution in [3.63, 3.8) is 0 Å². The van der Waals surface area contributed by atoms with Gasteiger partial charge in [0.1, 0.15) is 11.6 Å². The van der Waals surface area contributed by atoms with Crippen LogP contribution in [0.1, 0.15) is 37.9 Å². The van der Waals surface area contributed by atoms with Gasteiger partial charge in [-0.25, -0.2) is 8.78 Å². The summed E-state index contributed by atoms with van der Waals surface area (Å²) in [6.07, 6.45) is 2.67. The molecule has 2 nitrogen and oxygen atoms in total. The Kier molecular flexibility index (Phi) is 4.88. The highest BCUT2D eigenvalue weighted by Crippen LogP contribution is 2.29. The van der Waals surface area contributed by atoms with E-state index in [1.807, 2.05) is 0 Å². The lowest BCUT2D eigenvalue weighted by Gasteiger charge is -2.15. The summed E-state index contributed by atoms with van der Waals surface area (Å²) in [5, 5.41) is 13.0. The van der Waals surface area contributed by atoms with Crippen molar-refractivity contribution in [3.05, 3.63) is 35.4 Å². The first-order valence-electron chi connectivity index (χ1n) is 6.90. The second-order valence-corrected chi connectivity index (χ2v) is 5.62. The van der Waals surface area contributed by atoms with Gasteiger partial charge in [0.25, 0.3) is 0 Å². The SMILES string of the molecule is CC1CCC(CNCC(O)c2cc(F)ccc2F)C1. The van der Waals surface area contributed by atoms with Gasteiger partial charge in [0.05, 0.1) is 6.10 Å². The minimum atomic E-state index is -1.01. The van der Waals surface area contributed by atoms with Crippen molar-refractivity contribution < 1.29 is 13.9 Å². The summed E-state index contributed by atoms with van der Waals surface area (Å²) < 4.78 is 26.5. The zero-order chi connectivity index (χ0) is 13.8. The van der Waals surface area contributed by atoms with Gasteiger partial charge in [-0.05, 0) is 49.4 Å². The van der Waals surface area contributed by atoms with Crippen LogP contribution in [0, 0.1) is 23.5 Å². The number of aliphatic hydroxyl groups is 1. The maximum Gasteiger partial charge on any atom is 0.129 e. The molecule has 0 saturated heterocycles. The molecule has 3 unspecified atom stereocenters. The lowest BCUT2D eigenvalue weighted by molar-refractivity contribution is 0.167. The highest BCUT2D eigenvalue weighted by atomic mass is 19.1. The van der Waals surface area contributed by atoms with Crippen molar-refractivity contribution >= 4 is 0 Å². The number of halogens is 2. The molecule has 0 amide bonds. The Balaban J connectivity index is 1.80. The molecule has 4 heteroatoms.